The minimum atomic E-state index is -0.395. The van der Waals surface area contributed by atoms with Gasteiger partial charge in [-0.2, -0.15) is 5.10 Å². The van der Waals surface area contributed by atoms with Crippen molar-refractivity contribution in [3.05, 3.63) is 76.5 Å². The standard InChI is InChI=1S/C17H16N4O2/c18-10-9-14-12-17(13-5-4-8-16(11-13)21(22)23)20(19-14)15-6-2-1-3-7-15/h1-8,11-12H,9-10,18H2. The van der Waals surface area contributed by atoms with Crippen LogP contribution in [0.5, 0.6) is 0 Å². The Morgan fingerprint density at radius 2 is 1.87 bits per heavy atom. The average Bonchev–Trinajstić information content (AvgIpc) is 3.00. The Hall–Kier alpha value is -2.99. The van der Waals surface area contributed by atoms with E-state index in [0.29, 0.717) is 13.0 Å². The van der Waals surface area contributed by atoms with Gasteiger partial charge in [-0.25, -0.2) is 4.68 Å². The second kappa shape index (κ2) is 6.41. The van der Waals surface area contributed by atoms with Crippen LogP contribution in [0.3, 0.4) is 0 Å². The summed E-state index contributed by atoms with van der Waals surface area (Å²) in [7, 11) is 0. The monoisotopic (exact) mass is 308 g/mol. The first-order valence-corrected chi connectivity index (χ1v) is 7.28. The second-order valence-electron chi connectivity index (χ2n) is 5.11. The maximum Gasteiger partial charge on any atom is 0.270 e. The molecule has 23 heavy (non-hydrogen) atoms. The van der Waals surface area contributed by atoms with Gasteiger partial charge < -0.3 is 5.73 Å². The van der Waals surface area contributed by atoms with E-state index in [1.54, 1.807) is 16.8 Å². The Kier molecular flexibility index (Phi) is 4.16. The van der Waals surface area contributed by atoms with Gasteiger partial charge in [-0.05, 0) is 24.7 Å². The van der Waals surface area contributed by atoms with Gasteiger partial charge in [-0.1, -0.05) is 30.3 Å². The number of hydrogen-bond donors (Lipinski definition) is 1. The molecular formula is C17H16N4O2. The normalized spacial score (nSPS) is 10.7. The molecule has 3 aromatic rings. The minimum Gasteiger partial charge on any atom is -0.330 e. The zero-order valence-corrected chi connectivity index (χ0v) is 12.4. The highest BCUT2D eigenvalue weighted by Gasteiger charge is 2.14. The van der Waals surface area contributed by atoms with E-state index in [4.69, 9.17) is 5.73 Å². The number of rotatable bonds is 5. The van der Waals surface area contributed by atoms with Crippen LogP contribution in [0, 0.1) is 10.1 Å². The van der Waals surface area contributed by atoms with Crippen LogP contribution in [0.2, 0.25) is 0 Å². The van der Waals surface area contributed by atoms with Crippen LogP contribution in [0.1, 0.15) is 5.69 Å². The number of benzene rings is 2. The first-order valence-electron chi connectivity index (χ1n) is 7.28. The summed E-state index contributed by atoms with van der Waals surface area (Å²) in [5, 5.41) is 15.6. The molecule has 3 rings (SSSR count). The molecule has 0 aliphatic heterocycles. The summed E-state index contributed by atoms with van der Waals surface area (Å²) in [5.41, 5.74) is 9.00. The van der Waals surface area contributed by atoms with Crippen molar-refractivity contribution < 1.29 is 4.92 Å². The third kappa shape index (κ3) is 3.12. The number of hydrogen-bond acceptors (Lipinski definition) is 4. The van der Waals surface area contributed by atoms with E-state index >= 15 is 0 Å². The average molecular weight is 308 g/mol. The molecule has 0 spiro atoms. The Balaban J connectivity index is 2.14. The van der Waals surface area contributed by atoms with Gasteiger partial charge in [0.2, 0.25) is 0 Å². The highest BCUT2D eigenvalue weighted by Crippen LogP contribution is 2.27. The first-order chi connectivity index (χ1) is 11.2. The third-order valence-corrected chi connectivity index (χ3v) is 3.51. The topological polar surface area (TPSA) is 87.0 Å². The largest absolute Gasteiger partial charge is 0.330 e. The van der Waals surface area contributed by atoms with E-state index in [1.165, 1.54) is 6.07 Å². The maximum absolute atomic E-state index is 11.0. The summed E-state index contributed by atoms with van der Waals surface area (Å²) in [6.45, 7) is 0.500. The molecule has 1 heterocycles. The zero-order valence-electron chi connectivity index (χ0n) is 12.4. The third-order valence-electron chi connectivity index (χ3n) is 3.51. The van der Waals surface area contributed by atoms with Gasteiger partial charge in [0.15, 0.2) is 0 Å². The number of nitro groups is 1. The second-order valence-corrected chi connectivity index (χ2v) is 5.11. The highest BCUT2D eigenvalue weighted by molar-refractivity contribution is 5.65. The summed E-state index contributed by atoms with van der Waals surface area (Å²) >= 11 is 0. The highest BCUT2D eigenvalue weighted by atomic mass is 16.6. The molecule has 6 heteroatoms. The van der Waals surface area contributed by atoms with E-state index < -0.39 is 4.92 Å². The van der Waals surface area contributed by atoms with Crippen molar-refractivity contribution in [3.8, 4) is 16.9 Å². The molecule has 0 saturated heterocycles. The summed E-state index contributed by atoms with van der Waals surface area (Å²) in [4.78, 5) is 10.6. The number of para-hydroxylation sites is 1. The molecule has 2 N–H and O–H groups in total. The lowest BCUT2D eigenvalue weighted by atomic mass is 10.1. The molecule has 0 aliphatic rings. The maximum atomic E-state index is 11.0. The van der Waals surface area contributed by atoms with Crippen molar-refractivity contribution in [2.24, 2.45) is 5.73 Å². The Morgan fingerprint density at radius 3 is 2.57 bits per heavy atom. The van der Waals surface area contributed by atoms with Crippen LogP contribution in [-0.4, -0.2) is 21.2 Å². The predicted molar refractivity (Wildman–Crippen MR) is 88.4 cm³/mol. The number of nitro benzene ring substituents is 1. The SMILES string of the molecule is NCCc1cc(-c2cccc([N+](=O)[O-])c2)n(-c2ccccc2)n1. The van der Waals surface area contributed by atoms with Gasteiger partial charge in [0.05, 0.1) is 22.0 Å². The summed E-state index contributed by atoms with van der Waals surface area (Å²) < 4.78 is 1.80. The fraction of sp³-hybridized carbons (Fsp3) is 0.118. The lowest BCUT2D eigenvalue weighted by Gasteiger charge is -2.07. The summed E-state index contributed by atoms with van der Waals surface area (Å²) in [6, 6.07) is 18.2. The van der Waals surface area contributed by atoms with Crippen molar-refractivity contribution in [2.45, 2.75) is 6.42 Å². The van der Waals surface area contributed by atoms with Crippen LogP contribution >= 0.6 is 0 Å². The molecule has 0 fully saturated rings. The predicted octanol–water partition coefficient (Wildman–Crippen LogP) is 2.95. The molecule has 0 saturated carbocycles. The van der Waals surface area contributed by atoms with E-state index in [9.17, 15) is 10.1 Å². The van der Waals surface area contributed by atoms with Crippen LogP contribution in [0.25, 0.3) is 16.9 Å². The first kappa shape index (κ1) is 14.9. The molecule has 1 aromatic heterocycles. The van der Waals surface area contributed by atoms with Gasteiger partial charge in [0.25, 0.3) is 5.69 Å². The number of nitrogens with zero attached hydrogens (tertiary/aromatic N) is 3. The molecule has 2 aromatic carbocycles. The van der Waals surface area contributed by atoms with Crippen molar-refractivity contribution in [2.75, 3.05) is 6.54 Å². The van der Waals surface area contributed by atoms with Crippen molar-refractivity contribution in [3.63, 3.8) is 0 Å². The summed E-state index contributed by atoms with van der Waals surface area (Å²) in [5.74, 6) is 0. The van der Waals surface area contributed by atoms with Crippen LogP contribution in [0.4, 0.5) is 5.69 Å². The number of nitrogens with two attached hydrogens (primary N) is 1. The molecule has 0 atom stereocenters. The molecule has 6 nitrogen and oxygen atoms in total. The van der Waals surface area contributed by atoms with Crippen LogP contribution in [0.15, 0.2) is 60.7 Å². The van der Waals surface area contributed by atoms with Crippen molar-refractivity contribution in [1.82, 2.24) is 9.78 Å². The fourth-order valence-electron chi connectivity index (χ4n) is 2.45. The van der Waals surface area contributed by atoms with Crippen molar-refractivity contribution in [1.29, 1.82) is 0 Å². The fourth-order valence-corrected chi connectivity index (χ4v) is 2.45. The molecule has 0 bridgehead atoms. The molecule has 0 unspecified atom stereocenters. The van der Waals surface area contributed by atoms with Gasteiger partial charge in [0.1, 0.15) is 0 Å². The van der Waals surface area contributed by atoms with E-state index in [-0.39, 0.29) is 5.69 Å². The molecular weight excluding hydrogens is 292 g/mol. The Labute approximate surface area is 133 Å². The molecule has 0 radical (unpaired) electrons. The Morgan fingerprint density at radius 1 is 1.09 bits per heavy atom. The number of non-ortho nitro benzene ring substituents is 1. The van der Waals surface area contributed by atoms with Crippen molar-refractivity contribution >= 4 is 5.69 Å². The van der Waals surface area contributed by atoms with Gasteiger partial charge in [0, 0.05) is 24.1 Å². The van der Waals surface area contributed by atoms with Crippen LogP contribution < -0.4 is 5.73 Å². The van der Waals surface area contributed by atoms with Gasteiger partial charge >= 0.3 is 0 Å². The van der Waals surface area contributed by atoms with Gasteiger partial charge in [-0.3, -0.25) is 10.1 Å². The van der Waals surface area contributed by atoms with Crippen LogP contribution in [-0.2, 0) is 6.42 Å². The van der Waals surface area contributed by atoms with Gasteiger partial charge in [-0.15, -0.1) is 0 Å². The molecule has 0 amide bonds. The lowest BCUT2D eigenvalue weighted by Crippen LogP contribution is -2.04. The Bertz CT molecular complexity index is 828. The van der Waals surface area contributed by atoms with E-state index in [0.717, 1.165) is 22.6 Å². The van der Waals surface area contributed by atoms with E-state index in [1.807, 2.05) is 42.5 Å². The van der Waals surface area contributed by atoms with E-state index in [2.05, 4.69) is 5.10 Å². The lowest BCUT2D eigenvalue weighted by molar-refractivity contribution is -0.384. The smallest absolute Gasteiger partial charge is 0.270 e. The zero-order chi connectivity index (χ0) is 16.2. The minimum absolute atomic E-state index is 0.0590. The number of aromatic nitrogens is 2. The molecule has 116 valence electrons. The quantitative estimate of drug-likeness (QED) is 0.580. The molecule has 0 aliphatic carbocycles. The summed E-state index contributed by atoms with van der Waals surface area (Å²) in [6.07, 6.45) is 0.655.